The summed E-state index contributed by atoms with van der Waals surface area (Å²) in [6.45, 7) is 0.876. The number of hydrogen-bond donors (Lipinski definition) is 2. The highest BCUT2D eigenvalue weighted by Crippen LogP contribution is 2.42. The third kappa shape index (κ3) is 5.10. The van der Waals surface area contributed by atoms with Crippen LogP contribution in [0.5, 0.6) is 11.5 Å². The largest absolute Gasteiger partial charge is 0.493 e. The van der Waals surface area contributed by atoms with Gasteiger partial charge in [0.15, 0.2) is 17.7 Å². The molecule has 1 unspecified atom stereocenters. The highest BCUT2D eigenvalue weighted by molar-refractivity contribution is 6.01. The third-order valence-corrected chi connectivity index (χ3v) is 6.61. The fourth-order valence-electron chi connectivity index (χ4n) is 4.91. The van der Waals surface area contributed by atoms with Gasteiger partial charge in [-0.05, 0) is 75.3 Å². The third-order valence-electron chi connectivity index (χ3n) is 6.61. The summed E-state index contributed by atoms with van der Waals surface area (Å²) >= 11 is 0. The number of esters is 1. The van der Waals surface area contributed by atoms with E-state index < -0.39 is 18.8 Å². The summed E-state index contributed by atoms with van der Waals surface area (Å²) in [5, 5.41) is 12.9. The van der Waals surface area contributed by atoms with Crippen molar-refractivity contribution >= 4 is 40.1 Å². The van der Waals surface area contributed by atoms with E-state index in [-0.39, 0.29) is 18.0 Å². The van der Waals surface area contributed by atoms with Crippen LogP contribution < -0.4 is 20.8 Å². The second-order valence-corrected chi connectivity index (χ2v) is 8.90. The lowest BCUT2D eigenvalue weighted by atomic mass is 9.89. The molecule has 5 aromatic rings. The van der Waals surface area contributed by atoms with Crippen LogP contribution >= 0.6 is 12.4 Å². The number of methoxy groups -OCH3 is 2. The molecule has 40 heavy (non-hydrogen) atoms. The van der Waals surface area contributed by atoms with Gasteiger partial charge in [0.1, 0.15) is 5.82 Å². The SMILES string of the molecule is COc1cc2cc(C(N)OC(C)=O)c(CO)c(-c3ccnc(-n4c(=O)ccc5ccccc54)c3)c2cc1OC.Cl. The van der Waals surface area contributed by atoms with Crippen LogP contribution in [0.4, 0.5) is 0 Å². The molecular formula is C30H28ClN3O6. The number of hydrogen-bond acceptors (Lipinski definition) is 8. The summed E-state index contributed by atoms with van der Waals surface area (Å²) in [5.41, 5.74) is 8.94. The highest BCUT2D eigenvalue weighted by Gasteiger charge is 2.23. The van der Waals surface area contributed by atoms with E-state index in [2.05, 4.69) is 4.98 Å². The number of aromatic nitrogens is 2. The standard InChI is InChI=1S/C30H27N3O6.ClH/c1-17(35)39-30(31)22-12-20-13-25(37-2)26(38-3)15-21(20)29(23(22)16-34)19-10-11-32-27(14-19)33-24-7-5-4-6-18(24)8-9-28(33)36;/h4-15,30,34H,16,31H2,1-3H3;1H. The Hall–Kier alpha value is -4.44. The maximum atomic E-state index is 13.0. The molecule has 3 N–H and O–H groups in total. The van der Waals surface area contributed by atoms with Crippen LogP contribution in [0.25, 0.3) is 38.6 Å². The number of nitrogens with zero attached hydrogens (tertiary/aromatic N) is 2. The number of pyridine rings is 2. The summed E-state index contributed by atoms with van der Waals surface area (Å²) in [4.78, 5) is 29.2. The minimum absolute atomic E-state index is 0. The molecule has 1 atom stereocenters. The lowest BCUT2D eigenvalue weighted by Gasteiger charge is -2.22. The van der Waals surface area contributed by atoms with E-state index >= 15 is 0 Å². The number of carbonyl (C=O) groups is 1. The van der Waals surface area contributed by atoms with Gasteiger partial charge in [0.2, 0.25) is 0 Å². The Balaban J connectivity index is 0.00000370. The van der Waals surface area contributed by atoms with Crippen molar-refractivity contribution < 1.29 is 24.1 Å². The maximum absolute atomic E-state index is 13.0. The molecule has 9 nitrogen and oxygen atoms in total. The molecule has 5 rings (SSSR count). The molecule has 0 saturated heterocycles. The van der Waals surface area contributed by atoms with Crippen LogP contribution in [0.15, 0.2) is 77.7 Å². The van der Waals surface area contributed by atoms with Crippen molar-refractivity contribution in [2.24, 2.45) is 5.73 Å². The van der Waals surface area contributed by atoms with Crippen LogP contribution in [0.3, 0.4) is 0 Å². The normalized spacial score (nSPS) is 11.6. The van der Waals surface area contributed by atoms with Gasteiger partial charge >= 0.3 is 5.97 Å². The minimum atomic E-state index is -1.12. The van der Waals surface area contributed by atoms with Crippen molar-refractivity contribution in [3.8, 4) is 28.4 Å². The topological polar surface area (TPSA) is 126 Å². The van der Waals surface area contributed by atoms with E-state index in [1.165, 1.54) is 24.7 Å². The molecule has 0 aliphatic rings. The number of halogens is 1. The first kappa shape index (κ1) is 28.6. The van der Waals surface area contributed by atoms with Crippen LogP contribution in [0.2, 0.25) is 0 Å². The summed E-state index contributed by atoms with van der Waals surface area (Å²) in [6.07, 6.45) is 0.480. The molecule has 0 aliphatic carbocycles. The fourth-order valence-corrected chi connectivity index (χ4v) is 4.91. The Morgan fingerprint density at radius 1 is 1.00 bits per heavy atom. The molecule has 0 amide bonds. The zero-order valence-corrected chi connectivity index (χ0v) is 22.9. The second kappa shape index (κ2) is 11.7. The summed E-state index contributed by atoms with van der Waals surface area (Å²) in [6, 6.07) is 19.7. The van der Waals surface area contributed by atoms with Gasteiger partial charge in [-0.1, -0.05) is 18.2 Å². The molecule has 206 valence electrons. The molecule has 2 aromatic heterocycles. The van der Waals surface area contributed by atoms with Crippen molar-refractivity contribution in [3.05, 3.63) is 94.4 Å². The second-order valence-electron chi connectivity index (χ2n) is 8.90. The number of carbonyl (C=O) groups excluding carboxylic acids is 1. The van der Waals surface area contributed by atoms with Gasteiger partial charge in [0.25, 0.3) is 5.56 Å². The van der Waals surface area contributed by atoms with E-state index in [1.807, 2.05) is 30.3 Å². The first-order chi connectivity index (χ1) is 18.9. The predicted octanol–water partition coefficient (Wildman–Crippen LogP) is 4.66. The lowest BCUT2D eigenvalue weighted by Crippen LogP contribution is -2.20. The molecule has 0 fully saturated rings. The smallest absolute Gasteiger partial charge is 0.304 e. The van der Waals surface area contributed by atoms with Crippen LogP contribution in [0, 0.1) is 0 Å². The monoisotopic (exact) mass is 561 g/mol. The van der Waals surface area contributed by atoms with Crippen LogP contribution in [-0.4, -0.2) is 34.8 Å². The number of benzene rings is 3. The summed E-state index contributed by atoms with van der Waals surface area (Å²) in [7, 11) is 3.08. The van der Waals surface area contributed by atoms with Gasteiger partial charge in [0, 0.05) is 24.8 Å². The van der Waals surface area contributed by atoms with E-state index in [0.717, 1.165) is 16.2 Å². The lowest BCUT2D eigenvalue weighted by molar-refractivity contribution is -0.146. The van der Waals surface area contributed by atoms with E-state index in [4.69, 9.17) is 19.9 Å². The average Bonchev–Trinajstić information content (AvgIpc) is 2.94. The molecule has 2 heterocycles. The molecular weight excluding hydrogens is 534 g/mol. The Morgan fingerprint density at radius 3 is 2.42 bits per heavy atom. The van der Waals surface area contributed by atoms with Crippen molar-refractivity contribution in [2.45, 2.75) is 19.8 Å². The van der Waals surface area contributed by atoms with Gasteiger partial charge in [-0.3, -0.25) is 19.9 Å². The van der Waals surface area contributed by atoms with E-state index in [9.17, 15) is 14.7 Å². The number of nitrogens with two attached hydrogens (primary N) is 1. The first-order valence-corrected chi connectivity index (χ1v) is 12.2. The maximum Gasteiger partial charge on any atom is 0.304 e. The number of rotatable bonds is 7. The van der Waals surface area contributed by atoms with Crippen molar-refractivity contribution in [3.63, 3.8) is 0 Å². The quantitative estimate of drug-likeness (QED) is 0.217. The van der Waals surface area contributed by atoms with Crippen molar-refractivity contribution in [2.75, 3.05) is 14.2 Å². The summed E-state index contributed by atoms with van der Waals surface area (Å²) in [5.74, 6) is 0.840. The number of para-hydroxylation sites is 1. The Kier molecular flexibility index (Phi) is 8.39. The predicted molar refractivity (Wildman–Crippen MR) is 155 cm³/mol. The van der Waals surface area contributed by atoms with Crippen molar-refractivity contribution in [1.82, 2.24) is 9.55 Å². The first-order valence-electron chi connectivity index (χ1n) is 12.2. The molecule has 3 aromatic carbocycles. The number of aliphatic hydroxyl groups excluding tert-OH is 1. The highest BCUT2D eigenvalue weighted by atomic mass is 35.5. The molecule has 0 bridgehead atoms. The van der Waals surface area contributed by atoms with Gasteiger partial charge in [-0.15, -0.1) is 12.4 Å². The number of fused-ring (bicyclic) bond motifs is 2. The molecule has 0 radical (unpaired) electrons. The van der Waals surface area contributed by atoms with Gasteiger partial charge < -0.3 is 19.3 Å². The Labute approximate surface area is 236 Å². The molecule has 0 spiro atoms. The molecule has 0 saturated carbocycles. The molecule has 0 aliphatic heterocycles. The van der Waals surface area contributed by atoms with E-state index in [1.54, 1.807) is 43.6 Å². The zero-order valence-electron chi connectivity index (χ0n) is 22.1. The zero-order chi connectivity index (χ0) is 27.7. The Morgan fingerprint density at radius 2 is 1.73 bits per heavy atom. The van der Waals surface area contributed by atoms with E-state index in [0.29, 0.717) is 45.1 Å². The minimum Gasteiger partial charge on any atom is -0.493 e. The van der Waals surface area contributed by atoms with Crippen LogP contribution in [0.1, 0.15) is 24.3 Å². The van der Waals surface area contributed by atoms with Crippen molar-refractivity contribution in [1.29, 1.82) is 0 Å². The Bertz CT molecular complexity index is 1790. The number of aliphatic hydroxyl groups is 1. The van der Waals surface area contributed by atoms with Gasteiger partial charge in [0.05, 0.1) is 26.3 Å². The fraction of sp³-hybridized carbons (Fsp3) is 0.167. The van der Waals surface area contributed by atoms with Gasteiger partial charge in [-0.2, -0.15) is 0 Å². The van der Waals surface area contributed by atoms with Gasteiger partial charge in [-0.25, -0.2) is 4.98 Å². The average molecular weight is 562 g/mol. The number of ether oxygens (including phenoxy) is 3. The van der Waals surface area contributed by atoms with Crippen LogP contribution in [-0.2, 0) is 16.1 Å². The summed E-state index contributed by atoms with van der Waals surface area (Å²) < 4.78 is 17.9. The molecule has 10 heteroatoms.